The molecule has 1 aromatic rings. The van der Waals surface area contributed by atoms with Gasteiger partial charge in [-0.1, -0.05) is 88.5 Å². The molecule has 0 spiro atoms. The Balaban J connectivity index is -0.000000126. The summed E-state index contributed by atoms with van der Waals surface area (Å²) in [4.78, 5) is 18.1. The predicted octanol–water partition coefficient (Wildman–Crippen LogP) is 8.94. The zero-order valence-electron chi connectivity index (χ0n) is 25.8. The van der Waals surface area contributed by atoms with Gasteiger partial charge in [0, 0.05) is 30.6 Å². The summed E-state index contributed by atoms with van der Waals surface area (Å²) in [6.45, 7) is 27.4. The molecule has 0 radical (unpaired) electrons. The topological polar surface area (TPSA) is 81.6 Å². The molecule has 0 aliphatic carbocycles. The number of amides is 1. The second-order valence-corrected chi connectivity index (χ2v) is 8.22. The lowest BCUT2D eigenvalue weighted by Crippen LogP contribution is -2.33. The molecule has 3 unspecified atom stereocenters. The Bertz CT molecular complexity index is 564. The number of hydrogen-bond acceptors (Lipinski definition) is 3. The highest BCUT2D eigenvalue weighted by molar-refractivity contribution is 5.76. The summed E-state index contributed by atoms with van der Waals surface area (Å²) in [6, 6.07) is 0. The van der Waals surface area contributed by atoms with Crippen LogP contribution in [0.5, 0.6) is 0 Å². The quantitative estimate of drug-likeness (QED) is 0.272. The van der Waals surface area contributed by atoms with Crippen LogP contribution in [0.2, 0.25) is 0 Å². The van der Waals surface area contributed by atoms with Crippen LogP contribution in [-0.4, -0.2) is 28.1 Å². The summed E-state index contributed by atoms with van der Waals surface area (Å²) in [6.07, 6.45) is 17.0. The monoisotopic (exact) mass is 494 g/mol. The van der Waals surface area contributed by atoms with Crippen LogP contribution in [0.1, 0.15) is 139 Å². The number of nitrogens with one attached hydrogen (secondary N) is 3. The lowest BCUT2D eigenvalue weighted by atomic mass is 9.96. The molecule has 5 nitrogen and oxygen atoms in total. The summed E-state index contributed by atoms with van der Waals surface area (Å²) in [5.74, 6) is 3.42. The number of piperidine rings is 1. The maximum Gasteiger partial charge on any atom is 0.220 e. The number of aromatic nitrogens is 2. The van der Waals surface area contributed by atoms with Gasteiger partial charge in [-0.05, 0) is 51.4 Å². The van der Waals surface area contributed by atoms with Crippen molar-refractivity contribution in [1.82, 2.24) is 15.3 Å². The number of hydrogen-bond donors (Lipinski definition) is 3. The molecule has 5 heteroatoms. The highest BCUT2D eigenvalue weighted by Gasteiger charge is 2.12. The molecule has 0 saturated carbocycles. The zero-order chi connectivity index (χ0) is 28.8. The Kier molecular flexibility index (Phi) is 41.9. The fraction of sp³-hybridized carbons (Fsp3) is 0.767. The average molecular weight is 495 g/mol. The second kappa shape index (κ2) is 34.1. The van der Waals surface area contributed by atoms with Crippen LogP contribution in [0.3, 0.4) is 0 Å². The minimum atomic E-state index is 0.211. The van der Waals surface area contributed by atoms with Crippen molar-refractivity contribution in [3.63, 3.8) is 0 Å². The standard InChI is InChI=1S/C13H24N2.C6H11NO.C3H7N.3C2H6.C2H2/c1-5-10(2)7-6-8-11(3)13-9-14-12(4)15-13;1-5-2-3-6(8)7-4-5;1-3(2)4;4*1-2/h9-11H,5-8H2,1-4H3,(H,14,15);5H,2-4H2,1H3,(H,7,8);4H,1-2H3;3*1-2H3;1-2H. The molecule has 0 aromatic carbocycles. The maximum absolute atomic E-state index is 10.5. The number of carbonyl (C=O) groups excluding carboxylic acids is 1. The number of terminal acetylenes is 1. The number of carbonyl (C=O) groups is 1. The normalized spacial score (nSPS) is 14.6. The van der Waals surface area contributed by atoms with E-state index in [1.807, 2.05) is 54.7 Å². The lowest BCUT2D eigenvalue weighted by Gasteiger charge is -2.17. The highest BCUT2D eigenvalue weighted by atomic mass is 16.1. The number of imidazole rings is 1. The molecule has 1 aromatic heterocycles. The maximum atomic E-state index is 10.5. The van der Waals surface area contributed by atoms with Gasteiger partial charge >= 0.3 is 0 Å². The fourth-order valence-electron chi connectivity index (χ4n) is 2.68. The van der Waals surface area contributed by atoms with Gasteiger partial charge in [0.1, 0.15) is 5.82 Å². The third kappa shape index (κ3) is 34.2. The SMILES string of the molecule is C#C.CC.CC.CC.CC(C)=N.CC1CCC(=O)NC1.CCC(C)CCCC(C)c1cnc(C)[nH]1. The van der Waals surface area contributed by atoms with E-state index in [1.165, 1.54) is 31.4 Å². The number of H-pyrrole nitrogens is 1. The van der Waals surface area contributed by atoms with Crippen LogP contribution >= 0.6 is 0 Å². The number of aryl methyl sites for hydroxylation is 1. The van der Waals surface area contributed by atoms with Gasteiger partial charge < -0.3 is 15.7 Å². The van der Waals surface area contributed by atoms with Gasteiger partial charge in [0.2, 0.25) is 5.91 Å². The molecule has 208 valence electrons. The first-order valence-corrected chi connectivity index (χ1v) is 13.8. The van der Waals surface area contributed by atoms with Crippen LogP contribution in [0.15, 0.2) is 6.20 Å². The second-order valence-electron chi connectivity index (χ2n) is 8.22. The average Bonchev–Trinajstić information content (AvgIpc) is 3.32. The molecular weight excluding hydrogens is 432 g/mol. The van der Waals surface area contributed by atoms with Crippen molar-refractivity contribution >= 4 is 11.6 Å². The van der Waals surface area contributed by atoms with Gasteiger partial charge in [-0.15, -0.1) is 12.8 Å². The van der Waals surface area contributed by atoms with E-state index in [9.17, 15) is 4.79 Å². The molecule has 0 bridgehead atoms. The minimum Gasteiger partial charge on any atom is -0.356 e. The van der Waals surface area contributed by atoms with E-state index >= 15 is 0 Å². The largest absolute Gasteiger partial charge is 0.356 e. The van der Waals surface area contributed by atoms with E-state index in [4.69, 9.17) is 5.41 Å². The van der Waals surface area contributed by atoms with Crippen molar-refractivity contribution in [3.8, 4) is 12.8 Å². The van der Waals surface area contributed by atoms with Gasteiger partial charge in [0.05, 0.1) is 0 Å². The van der Waals surface area contributed by atoms with Crippen molar-refractivity contribution in [2.45, 2.75) is 134 Å². The van der Waals surface area contributed by atoms with Crippen LogP contribution in [0, 0.1) is 37.0 Å². The lowest BCUT2D eigenvalue weighted by molar-refractivity contribution is -0.122. The van der Waals surface area contributed by atoms with E-state index in [-0.39, 0.29) is 5.91 Å². The summed E-state index contributed by atoms with van der Waals surface area (Å²) in [5.41, 5.74) is 1.96. The van der Waals surface area contributed by atoms with Crippen molar-refractivity contribution in [2.24, 2.45) is 11.8 Å². The molecular formula is C30H62N4O. The van der Waals surface area contributed by atoms with Crippen LogP contribution in [-0.2, 0) is 4.79 Å². The Hall–Kier alpha value is -2.09. The molecule has 1 amide bonds. The molecule has 1 aliphatic rings. The number of rotatable bonds is 6. The molecule has 1 saturated heterocycles. The summed E-state index contributed by atoms with van der Waals surface area (Å²) in [5, 5.41) is 9.29. The van der Waals surface area contributed by atoms with Gasteiger partial charge in [-0.2, -0.15) is 0 Å². The van der Waals surface area contributed by atoms with Crippen LogP contribution in [0.4, 0.5) is 0 Å². The molecule has 3 atom stereocenters. The van der Waals surface area contributed by atoms with Crippen molar-refractivity contribution < 1.29 is 4.79 Å². The molecule has 35 heavy (non-hydrogen) atoms. The fourth-order valence-corrected chi connectivity index (χ4v) is 2.68. The van der Waals surface area contributed by atoms with Crippen LogP contribution < -0.4 is 5.32 Å². The highest BCUT2D eigenvalue weighted by Crippen LogP contribution is 2.21. The van der Waals surface area contributed by atoms with Gasteiger partial charge in [-0.3, -0.25) is 4.79 Å². The first-order chi connectivity index (χ1) is 16.6. The molecule has 2 rings (SSSR count). The van der Waals surface area contributed by atoms with Crippen molar-refractivity contribution in [2.75, 3.05) is 6.54 Å². The molecule has 2 heterocycles. The van der Waals surface area contributed by atoms with E-state index < -0.39 is 0 Å². The van der Waals surface area contributed by atoms with E-state index in [1.54, 1.807) is 13.8 Å². The Labute approximate surface area is 220 Å². The zero-order valence-corrected chi connectivity index (χ0v) is 25.8. The number of aromatic amines is 1. The van der Waals surface area contributed by atoms with Gasteiger partial charge in [0.15, 0.2) is 0 Å². The first kappa shape index (κ1) is 43.0. The van der Waals surface area contributed by atoms with Crippen molar-refractivity contribution in [3.05, 3.63) is 17.7 Å². The molecule has 1 fully saturated rings. The predicted molar refractivity (Wildman–Crippen MR) is 159 cm³/mol. The minimum absolute atomic E-state index is 0.211. The number of nitrogens with zero attached hydrogens (tertiary/aromatic N) is 1. The van der Waals surface area contributed by atoms with Crippen molar-refractivity contribution in [1.29, 1.82) is 5.41 Å². The van der Waals surface area contributed by atoms with Crippen LogP contribution in [0.25, 0.3) is 0 Å². The van der Waals surface area contributed by atoms with E-state index in [0.29, 0.717) is 17.5 Å². The van der Waals surface area contributed by atoms with E-state index in [2.05, 4.69) is 55.8 Å². The first-order valence-electron chi connectivity index (χ1n) is 13.8. The Morgan fingerprint density at radius 3 is 1.91 bits per heavy atom. The third-order valence-corrected chi connectivity index (χ3v) is 4.80. The summed E-state index contributed by atoms with van der Waals surface area (Å²) < 4.78 is 0. The Morgan fingerprint density at radius 1 is 1.11 bits per heavy atom. The van der Waals surface area contributed by atoms with Gasteiger partial charge in [0.25, 0.3) is 0 Å². The summed E-state index contributed by atoms with van der Waals surface area (Å²) in [7, 11) is 0. The van der Waals surface area contributed by atoms with Gasteiger partial charge in [-0.25, -0.2) is 4.98 Å². The summed E-state index contributed by atoms with van der Waals surface area (Å²) >= 11 is 0. The molecule has 3 N–H and O–H groups in total. The molecule has 1 aliphatic heterocycles. The smallest absolute Gasteiger partial charge is 0.220 e. The Morgan fingerprint density at radius 2 is 1.60 bits per heavy atom. The third-order valence-electron chi connectivity index (χ3n) is 4.80. The van der Waals surface area contributed by atoms with E-state index in [0.717, 1.165) is 31.1 Å².